The van der Waals surface area contributed by atoms with Crippen LogP contribution in [-0.4, -0.2) is 30.7 Å². The number of para-hydroxylation sites is 1. The molecular formula is C14H18N2O2. The molecule has 1 aromatic carbocycles. The van der Waals surface area contributed by atoms with Crippen molar-refractivity contribution in [2.75, 3.05) is 20.3 Å². The number of aryl methyl sites for hydroxylation is 2. The maximum Gasteiger partial charge on any atom is 0.268 e. The highest BCUT2D eigenvalue weighted by Gasteiger charge is 2.13. The van der Waals surface area contributed by atoms with Crippen LogP contribution >= 0.6 is 0 Å². The third kappa shape index (κ3) is 2.24. The Labute approximate surface area is 107 Å². The number of ether oxygens (including phenoxy) is 1. The normalized spacial score (nSPS) is 10.8. The first kappa shape index (κ1) is 12.6. The standard InChI is InChI=1S/C14H18N2O2/c1-10-5-4-6-11-9-12(16(2)13(10)11)14(17)15-7-8-18-3/h4-6,9H,7-8H2,1-3H3,(H,15,17). The molecule has 1 amide bonds. The van der Waals surface area contributed by atoms with E-state index < -0.39 is 0 Å². The molecule has 0 spiro atoms. The van der Waals surface area contributed by atoms with Gasteiger partial charge in [-0.25, -0.2) is 0 Å². The molecule has 0 aliphatic rings. The Hall–Kier alpha value is -1.81. The van der Waals surface area contributed by atoms with Crippen molar-refractivity contribution in [2.45, 2.75) is 6.92 Å². The van der Waals surface area contributed by atoms with E-state index in [9.17, 15) is 4.79 Å². The molecule has 0 fully saturated rings. The van der Waals surface area contributed by atoms with Crippen LogP contribution in [0.5, 0.6) is 0 Å². The molecule has 0 unspecified atom stereocenters. The predicted molar refractivity (Wildman–Crippen MR) is 71.9 cm³/mol. The smallest absolute Gasteiger partial charge is 0.268 e. The lowest BCUT2D eigenvalue weighted by atomic mass is 10.2. The summed E-state index contributed by atoms with van der Waals surface area (Å²) in [6.45, 7) is 3.10. The van der Waals surface area contributed by atoms with Gasteiger partial charge in [0.05, 0.1) is 12.1 Å². The van der Waals surface area contributed by atoms with Crippen molar-refractivity contribution in [3.05, 3.63) is 35.5 Å². The zero-order valence-corrected chi connectivity index (χ0v) is 11.0. The van der Waals surface area contributed by atoms with Gasteiger partial charge in [-0.1, -0.05) is 18.2 Å². The summed E-state index contributed by atoms with van der Waals surface area (Å²) in [7, 11) is 3.53. The summed E-state index contributed by atoms with van der Waals surface area (Å²) >= 11 is 0. The van der Waals surface area contributed by atoms with E-state index >= 15 is 0 Å². The van der Waals surface area contributed by atoms with Crippen LogP contribution < -0.4 is 5.32 Å². The zero-order chi connectivity index (χ0) is 13.1. The second-order valence-corrected chi connectivity index (χ2v) is 4.35. The Bertz CT molecular complexity index is 572. The van der Waals surface area contributed by atoms with Gasteiger partial charge in [-0.05, 0) is 18.6 Å². The number of carbonyl (C=O) groups excluding carboxylic acids is 1. The molecule has 0 bridgehead atoms. The fourth-order valence-electron chi connectivity index (χ4n) is 2.20. The highest BCUT2D eigenvalue weighted by Crippen LogP contribution is 2.21. The molecule has 0 atom stereocenters. The average Bonchev–Trinajstić information content (AvgIpc) is 2.68. The molecule has 0 radical (unpaired) electrons. The monoisotopic (exact) mass is 246 g/mol. The maximum atomic E-state index is 12.0. The number of amides is 1. The number of hydrogen-bond donors (Lipinski definition) is 1. The second kappa shape index (κ2) is 5.23. The SMILES string of the molecule is COCCNC(=O)c1cc2cccc(C)c2n1C. The van der Waals surface area contributed by atoms with Crippen LogP contribution in [0.3, 0.4) is 0 Å². The first-order chi connectivity index (χ1) is 8.65. The molecule has 0 aliphatic heterocycles. The van der Waals surface area contributed by atoms with E-state index in [-0.39, 0.29) is 5.91 Å². The summed E-state index contributed by atoms with van der Waals surface area (Å²) in [5, 5.41) is 3.93. The molecule has 4 heteroatoms. The highest BCUT2D eigenvalue weighted by atomic mass is 16.5. The Morgan fingerprint density at radius 2 is 2.22 bits per heavy atom. The van der Waals surface area contributed by atoms with Crippen LogP contribution in [0.4, 0.5) is 0 Å². The van der Waals surface area contributed by atoms with E-state index in [4.69, 9.17) is 4.74 Å². The summed E-state index contributed by atoms with van der Waals surface area (Å²) in [4.78, 5) is 12.0. The Morgan fingerprint density at radius 3 is 2.89 bits per heavy atom. The minimum Gasteiger partial charge on any atom is -0.383 e. The minimum absolute atomic E-state index is 0.0647. The average molecular weight is 246 g/mol. The number of nitrogens with zero attached hydrogens (tertiary/aromatic N) is 1. The zero-order valence-electron chi connectivity index (χ0n) is 11.0. The van der Waals surface area contributed by atoms with Gasteiger partial charge in [-0.15, -0.1) is 0 Å². The van der Waals surface area contributed by atoms with Gasteiger partial charge in [0.1, 0.15) is 5.69 Å². The van der Waals surface area contributed by atoms with Crippen molar-refractivity contribution >= 4 is 16.8 Å². The molecule has 0 saturated carbocycles. The number of rotatable bonds is 4. The molecule has 18 heavy (non-hydrogen) atoms. The molecule has 2 rings (SSSR count). The van der Waals surface area contributed by atoms with Gasteiger partial charge in [0.25, 0.3) is 5.91 Å². The third-order valence-electron chi connectivity index (χ3n) is 3.08. The van der Waals surface area contributed by atoms with Gasteiger partial charge in [0.2, 0.25) is 0 Å². The topological polar surface area (TPSA) is 43.3 Å². The fourth-order valence-corrected chi connectivity index (χ4v) is 2.20. The van der Waals surface area contributed by atoms with Crippen LogP contribution in [0.25, 0.3) is 10.9 Å². The van der Waals surface area contributed by atoms with Crippen molar-refractivity contribution in [3.8, 4) is 0 Å². The molecule has 1 aromatic heterocycles. The van der Waals surface area contributed by atoms with E-state index in [2.05, 4.69) is 18.3 Å². The van der Waals surface area contributed by atoms with Crippen LogP contribution in [0.2, 0.25) is 0 Å². The van der Waals surface area contributed by atoms with Gasteiger partial charge >= 0.3 is 0 Å². The predicted octanol–water partition coefficient (Wildman–Crippen LogP) is 1.86. The van der Waals surface area contributed by atoms with E-state index in [1.54, 1.807) is 7.11 Å². The summed E-state index contributed by atoms with van der Waals surface area (Å²) in [5.74, 6) is -0.0647. The minimum atomic E-state index is -0.0647. The summed E-state index contributed by atoms with van der Waals surface area (Å²) in [6.07, 6.45) is 0. The number of carbonyl (C=O) groups is 1. The van der Waals surface area contributed by atoms with E-state index in [0.29, 0.717) is 18.8 Å². The molecule has 1 N–H and O–H groups in total. The second-order valence-electron chi connectivity index (χ2n) is 4.35. The quantitative estimate of drug-likeness (QED) is 0.837. The van der Waals surface area contributed by atoms with Gasteiger partial charge < -0.3 is 14.6 Å². The first-order valence-corrected chi connectivity index (χ1v) is 5.97. The summed E-state index contributed by atoms with van der Waals surface area (Å²) in [6, 6.07) is 8.00. The van der Waals surface area contributed by atoms with Gasteiger partial charge in [0, 0.05) is 26.1 Å². The number of nitrogens with one attached hydrogen (secondary N) is 1. The van der Waals surface area contributed by atoms with Crippen molar-refractivity contribution in [2.24, 2.45) is 7.05 Å². The highest BCUT2D eigenvalue weighted by molar-refractivity contribution is 5.99. The number of methoxy groups -OCH3 is 1. The molecule has 0 saturated heterocycles. The van der Waals surface area contributed by atoms with E-state index in [1.165, 1.54) is 5.56 Å². The lowest BCUT2D eigenvalue weighted by molar-refractivity contribution is 0.0929. The Kier molecular flexibility index (Phi) is 3.67. The Morgan fingerprint density at radius 1 is 1.44 bits per heavy atom. The lowest BCUT2D eigenvalue weighted by Crippen LogP contribution is -2.28. The molecule has 96 valence electrons. The van der Waals surface area contributed by atoms with Gasteiger partial charge in [-0.3, -0.25) is 4.79 Å². The number of aromatic nitrogens is 1. The largest absolute Gasteiger partial charge is 0.383 e. The maximum absolute atomic E-state index is 12.0. The van der Waals surface area contributed by atoms with Gasteiger partial charge in [0.15, 0.2) is 0 Å². The Balaban J connectivity index is 2.31. The van der Waals surface area contributed by atoms with Crippen LogP contribution in [0, 0.1) is 6.92 Å². The lowest BCUT2D eigenvalue weighted by Gasteiger charge is -2.06. The molecular weight excluding hydrogens is 228 g/mol. The molecule has 1 heterocycles. The number of hydrogen-bond acceptors (Lipinski definition) is 2. The fraction of sp³-hybridized carbons (Fsp3) is 0.357. The summed E-state index contributed by atoms with van der Waals surface area (Å²) < 4.78 is 6.85. The van der Waals surface area contributed by atoms with Crippen LogP contribution in [0.15, 0.2) is 24.3 Å². The summed E-state index contributed by atoms with van der Waals surface area (Å²) in [5.41, 5.74) is 2.95. The van der Waals surface area contributed by atoms with E-state index in [1.807, 2.05) is 29.8 Å². The molecule has 2 aromatic rings. The number of fused-ring (bicyclic) bond motifs is 1. The van der Waals surface area contributed by atoms with Crippen LogP contribution in [0.1, 0.15) is 16.1 Å². The van der Waals surface area contributed by atoms with Crippen molar-refractivity contribution < 1.29 is 9.53 Å². The molecule has 4 nitrogen and oxygen atoms in total. The van der Waals surface area contributed by atoms with Gasteiger partial charge in [-0.2, -0.15) is 0 Å². The van der Waals surface area contributed by atoms with E-state index in [0.717, 1.165) is 10.9 Å². The number of benzene rings is 1. The van der Waals surface area contributed by atoms with Crippen molar-refractivity contribution in [3.63, 3.8) is 0 Å². The van der Waals surface area contributed by atoms with Crippen molar-refractivity contribution in [1.29, 1.82) is 0 Å². The van der Waals surface area contributed by atoms with Crippen molar-refractivity contribution in [1.82, 2.24) is 9.88 Å². The third-order valence-corrected chi connectivity index (χ3v) is 3.08. The molecule has 0 aliphatic carbocycles. The first-order valence-electron chi connectivity index (χ1n) is 5.97. The van der Waals surface area contributed by atoms with Crippen LogP contribution in [-0.2, 0) is 11.8 Å².